The van der Waals surface area contributed by atoms with Gasteiger partial charge in [0.25, 0.3) is 0 Å². The minimum atomic E-state index is -0.788. The van der Waals surface area contributed by atoms with Crippen molar-refractivity contribution in [2.24, 2.45) is 23.2 Å². The Morgan fingerprint density at radius 1 is 1.23 bits per heavy atom. The van der Waals surface area contributed by atoms with E-state index in [4.69, 9.17) is 4.74 Å². The normalized spacial score (nSPS) is 31.6. The third kappa shape index (κ3) is 5.44. The molecule has 0 aromatic rings. The zero-order chi connectivity index (χ0) is 29.6. The van der Waals surface area contributed by atoms with E-state index in [1.807, 2.05) is 25.7 Å². The first-order valence-corrected chi connectivity index (χ1v) is 15.2. The molecule has 2 amide bonds. The predicted molar refractivity (Wildman–Crippen MR) is 157 cm³/mol. The van der Waals surface area contributed by atoms with Crippen LogP contribution in [0.2, 0.25) is 0 Å². The van der Waals surface area contributed by atoms with E-state index in [2.05, 4.69) is 47.8 Å². The largest absolute Gasteiger partial charge is 0.461 e. The maximum absolute atomic E-state index is 14.9. The highest BCUT2D eigenvalue weighted by Gasteiger charge is 2.78. The second-order valence-corrected chi connectivity index (χ2v) is 15.7. The lowest BCUT2D eigenvalue weighted by Crippen LogP contribution is -2.62. The molecule has 0 aromatic carbocycles. The SMILES string of the molecule is C=CCOC(=O)[C@H]1[C@H]2C(=O)N([C@@H](CO)[C@@H](C)CC)C(C(=O)N(CC=C)C(C)(C)CC(C)(C)C)C23CC[C@]1(C)S3. The summed E-state index contributed by atoms with van der Waals surface area (Å²) < 4.78 is 4.26. The van der Waals surface area contributed by atoms with Crippen LogP contribution in [0.15, 0.2) is 25.3 Å². The number of aliphatic hydroxyl groups excluding tert-OH is 1. The fourth-order valence-electron chi connectivity index (χ4n) is 7.71. The van der Waals surface area contributed by atoms with E-state index < -0.39 is 44.9 Å². The molecule has 8 heteroatoms. The van der Waals surface area contributed by atoms with Gasteiger partial charge in [0, 0.05) is 16.8 Å². The highest BCUT2D eigenvalue weighted by atomic mass is 32.2. The van der Waals surface area contributed by atoms with Gasteiger partial charge in [0.15, 0.2) is 0 Å². The van der Waals surface area contributed by atoms with Crippen LogP contribution in [-0.2, 0) is 19.1 Å². The molecule has 2 bridgehead atoms. The lowest BCUT2D eigenvalue weighted by Gasteiger charge is -2.47. The molecule has 0 aliphatic carbocycles. The fourth-order valence-corrected chi connectivity index (χ4v) is 10.0. The first-order valence-electron chi connectivity index (χ1n) is 14.4. The molecule has 2 unspecified atom stereocenters. The van der Waals surface area contributed by atoms with Crippen molar-refractivity contribution < 1.29 is 24.2 Å². The number of hydrogen-bond acceptors (Lipinski definition) is 6. The molecule has 0 saturated carbocycles. The maximum Gasteiger partial charge on any atom is 0.311 e. The van der Waals surface area contributed by atoms with Crippen molar-refractivity contribution in [1.29, 1.82) is 0 Å². The number of likely N-dealkylation sites (tertiary alicyclic amines) is 1. The number of carbonyl (C=O) groups is 3. The zero-order valence-electron chi connectivity index (χ0n) is 25.3. The number of rotatable bonds is 12. The van der Waals surface area contributed by atoms with E-state index in [0.717, 1.165) is 12.8 Å². The Bertz CT molecular complexity index is 990. The molecule has 1 spiro atoms. The van der Waals surface area contributed by atoms with Gasteiger partial charge < -0.3 is 19.6 Å². The molecule has 3 heterocycles. The molecule has 0 aromatic heterocycles. The summed E-state index contributed by atoms with van der Waals surface area (Å²) in [6.45, 7) is 24.5. The Hall–Kier alpha value is -1.80. The third-order valence-corrected chi connectivity index (χ3v) is 11.1. The Labute approximate surface area is 239 Å². The number of esters is 1. The molecular weight excluding hydrogens is 512 g/mol. The number of fused-ring (bicyclic) bond motifs is 1. The summed E-state index contributed by atoms with van der Waals surface area (Å²) >= 11 is 1.63. The number of ether oxygens (including phenoxy) is 1. The molecule has 3 aliphatic heterocycles. The predicted octanol–water partition coefficient (Wildman–Crippen LogP) is 4.83. The highest BCUT2D eigenvalue weighted by molar-refractivity contribution is 8.02. The first kappa shape index (κ1) is 31.7. The van der Waals surface area contributed by atoms with Crippen LogP contribution in [0.5, 0.6) is 0 Å². The van der Waals surface area contributed by atoms with Gasteiger partial charge >= 0.3 is 5.97 Å². The van der Waals surface area contributed by atoms with Crippen LogP contribution in [0.1, 0.15) is 81.1 Å². The van der Waals surface area contributed by atoms with E-state index in [9.17, 15) is 19.5 Å². The third-order valence-electron chi connectivity index (χ3n) is 9.16. The summed E-state index contributed by atoms with van der Waals surface area (Å²) in [4.78, 5) is 46.4. The van der Waals surface area contributed by atoms with Gasteiger partial charge in [-0.05, 0) is 51.4 Å². The number of carbonyl (C=O) groups excluding carboxylic acids is 3. The van der Waals surface area contributed by atoms with Crippen molar-refractivity contribution in [2.45, 2.75) is 108 Å². The van der Waals surface area contributed by atoms with Crippen LogP contribution in [0.25, 0.3) is 0 Å². The summed E-state index contributed by atoms with van der Waals surface area (Å²) in [5.41, 5.74) is -0.543. The summed E-state index contributed by atoms with van der Waals surface area (Å²) in [7, 11) is 0. The Morgan fingerprint density at radius 2 is 1.87 bits per heavy atom. The monoisotopic (exact) mass is 562 g/mol. The van der Waals surface area contributed by atoms with Crippen LogP contribution in [0, 0.1) is 23.2 Å². The van der Waals surface area contributed by atoms with Crippen LogP contribution in [0.4, 0.5) is 0 Å². The van der Waals surface area contributed by atoms with Crippen LogP contribution < -0.4 is 0 Å². The molecule has 1 N–H and O–H groups in total. The summed E-state index contributed by atoms with van der Waals surface area (Å²) in [5, 5.41) is 10.6. The van der Waals surface area contributed by atoms with Gasteiger partial charge in [-0.1, -0.05) is 59.8 Å². The maximum atomic E-state index is 14.9. The van der Waals surface area contributed by atoms with Crippen molar-refractivity contribution in [3.8, 4) is 0 Å². The number of hydrogen-bond donors (Lipinski definition) is 1. The van der Waals surface area contributed by atoms with Gasteiger partial charge in [0.05, 0.1) is 29.2 Å². The van der Waals surface area contributed by atoms with Crippen LogP contribution >= 0.6 is 11.8 Å². The van der Waals surface area contributed by atoms with Gasteiger partial charge in [0.1, 0.15) is 12.6 Å². The van der Waals surface area contributed by atoms with Crippen molar-refractivity contribution in [3.63, 3.8) is 0 Å². The highest BCUT2D eigenvalue weighted by Crippen LogP contribution is 2.72. The van der Waals surface area contributed by atoms with Crippen LogP contribution in [-0.4, -0.2) is 79.6 Å². The average molecular weight is 563 g/mol. The van der Waals surface area contributed by atoms with Crippen molar-refractivity contribution in [3.05, 3.63) is 25.3 Å². The van der Waals surface area contributed by atoms with Crippen LogP contribution in [0.3, 0.4) is 0 Å². The summed E-state index contributed by atoms with van der Waals surface area (Å²) in [6, 6.07) is -1.31. The molecule has 7 nitrogen and oxygen atoms in total. The number of amides is 2. The smallest absolute Gasteiger partial charge is 0.311 e. The van der Waals surface area contributed by atoms with Crippen molar-refractivity contribution in [1.82, 2.24) is 9.80 Å². The van der Waals surface area contributed by atoms with Gasteiger partial charge in [0.2, 0.25) is 11.8 Å². The Balaban J connectivity index is 2.19. The number of thioether (sulfide) groups is 1. The molecule has 0 radical (unpaired) electrons. The second kappa shape index (κ2) is 11.2. The van der Waals surface area contributed by atoms with E-state index >= 15 is 0 Å². The van der Waals surface area contributed by atoms with E-state index in [1.54, 1.807) is 22.7 Å². The second-order valence-electron chi connectivity index (χ2n) is 13.8. The molecule has 3 fully saturated rings. The molecule has 220 valence electrons. The quantitative estimate of drug-likeness (QED) is 0.271. The lowest BCUT2D eigenvalue weighted by atomic mass is 9.66. The molecule has 39 heavy (non-hydrogen) atoms. The van der Waals surface area contributed by atoms with Crippen molar-refractivity contribution >= 4 is 29.5 Å². The zero-order valence-corrected chi connectivity index (χ0v) is 26.1. The van der Waals surface area contributed by atoms with E-state index in [-0.39, 0.29) is 36.4 Å². The number of aliphatic hydroxyl groups is 1. The van der Waals surface area contributed by atoms with Gasteiger partial charge in [-0.3, -0.25) is 14.4 Å². The average Bonchev–Trinajstić information content (AvgIpc) is 3.40. The first-order chi connectivity index (χ1) is 18.0. The van der Waals surface area contributed by atoms with Gasteiger partial charge in [-0.25, -0.2) is 0 Å². The molecule has 3 rings (SSSR count). The van der Waals surface area contributed by atoms with E-state index in [0.29, 0.717) is 19.4 Å². The lowest BCUT2D eigenvalue weighted by molar-refractivity contribution is -0.155. The Morgan fingerprint density at radius 3 is 2.38 bits per heavy atom. The summed E-state index contributed by atoms with van der Waals surface area (Å²) in [5.74, 6) is -2.10. The fraction of sp³-hybridized carbons (Fsp3) is 0.774. The van der Waals surface area contributed by atoms with Gasteiger partial charge in [-0.15, -0.1) is 18.3 Å². The molecule has 3 saturated heterocycles. The minimum absolute atomic E-state index is 0.0242. The Kier molecular flexibility index (Phi) is 9.13. The van der Waals surface area contributed by atoms with Crippen molar-refractivity contribution in [2.75, 3.05) is 19.8 Å². The summed E-state index contributed by atoms with van der Waals surface area (Å²) in [6.07, 6.45) is 6.14. The number of nitrogens with zero attached hydrogens (tertiary/aromatic N) is 2. The van der Waals surface area contributed by atoms with Gasteiger partial charge in [-0.2, -0.15) is 0 Å². The minimum Gasteiger partial charge on any atom is -0.461 e. The topological polar surface area (TPSA) is 87.1 Å². The standard InChI is InChI=1S/C31H50N2O5S/c1-11-16-32(29(8,9)19-28(5,6)7)26(36)24-31-15-14-30(10,39-31)23(27(37)38-17-12-2)22(31)25(35)33(24)21(18-34)20(4)13-3/h11-12,20-24,34H,1-2,13-19H2,3-10H3/t20-,21-,22-,23+,24?,30-,31?/m0/s1. The molecule has 7 atom stereocenters. The molecule has 3 aliphatic rings. The van der Waals surface area contributed by atoms with E-state index in [1.165, 1.54) is 6.08 Å². The molecular formula is C31H50N2O5S.